The number of nitrogens with two attached hydrogens (primary N) is 1. The highest BCUT2D eigenvalue weighted by molar-refractivity contribution is 5.92. The lowest BCUT2D eigenvalue weighted by atomic mass is 9.98. The summed E-state index contributed by atoms with van der Waals surface area (Å²) in [6.07, 6.45) is 4.14. The van der Waals surface area contributed by atoms with E-state index in [0.717, 1.165) is 5.69 Å². The van der Waals surface area contributed by atoms with E-state index >= 15 is 0 Å². The van der Waals surface area contributed by atoms with Gasteiger partial charge in [0.2, 0.25) is 0 Å². The number of nitrogens with one attached hydrogen (secondary N) is 1. The first-order valence-corrected chi connectivity index (χ1v) is 7.20. The second kappa shape index (κ2) is 4.91. The molecule has 0 unspecified atom stereocenters. The molecule has 0 spiro atoms. The summed E-state index contributed by atoms with van der Waals surface area (Å²) in [5, 5.41) is 7.41. The Balaban J connectivity index is 1.77. The van der Waals surface area contributed by atoms with Gasteiger partial charge in [0.1, 0.15) is 0 Å². The van der Waals surface area contributed by atoms with Crippen molar-refractivity contribution in [3.63, 3.8) is 0 Å². The van der Waals surface area contributed by atoms with E-state index in [2.05, 4.69) is 24.3 Å². The predicted molar refractivity (Wildman–Crippen MR) is 82.2 cm³/mol. The van der Waals surface area contributed by atoms with Gasteiger partial charge in [-0.15, -0.1) is 0 Å². The first-order valence-electron chi connectivity index (χ1n) is 7.20. The molecule has 5 nitrogen and oxygen atoms in total. The fourth-order valence-corrected chi connectivity index (χ4v) is 2.52. The summed E-state index contributed by atoms with van der Waals surface area (Å²) in [7, 11) is 0. The number of aromatic nitrogens is 2. The van der Waals surface area contributed by atoms with Crippen molar-refractivity contribution in [3.8, 4) is 5.69 Å². The smallest absolute Gasteiger partial charge is 0.272 e. The normalized spacial score (nSPS) is 15.0. The van der Waals surface area contributed by atoms with Crippen molar-refractivity contribution in [3.05, 3.63) is 42.2 Å². The zero-order valence-corrected chi connectivity index (χ0v) is 12.3. The molecule has 110 valence electrons. The Kier molecular flexibility index (Phi) is 3.20. The molecular weight excluding hydrogens is 264 g/mol. The van der Waals surface area contributed by atoms with E-state index in [1.165, 1.54) is 12.8 Å². The second-order valence-electron chi connectivity index (χ2n) is 6.19. The van der Waals surface area contributed by atoms with Crippen LogP contribution in [0.2, 0.25) is 0 Å². The maximum atomic E-state index is 12.3. The van der Waals surface area contributed by atoms with Gasteiger partial charge in [-0.1, -0.05) is 6.07 Å². The van der Waals surface area contributed by atoms with Crippen LogP contribution in [0.5, 0.6) is 0 Å². The van der Waals surface area contributed by atoms with E-state index in [9.17, 15) is 4.79 Å². The van der Waals surface area contributed by atoms with Crippen molar-refractivity contribution in [2.45, 2.75) is 32.2 Å². The Morgan fingerprint density at radius 2 is 2.14 bits per heavy atom. The molecular formula is C16H20N4O. The third-order valence-electron chi connectivity index (χ3n) is 3.99. The number of hydrogen-bond donors (Lipinski definition) is 2. The van der Waals surface area contributed by atoms with Crippen molar-refractivity contribution in [1.82, 2.24) is 15.1 Å². The number of carbonyl (C=O) groups is 1. The number of anilines is 1. The number of benzene rings is 1. The summed E-state index contributed by atoms with van der Waals surface area (Å²) in [5.74, 6) is 0.451. The van der Waals surface area contributed by atoms with Crippen LogP contribution in [0.25, 0.3) is 5.69 Å². The van der Waals surface area contributed by atoms with Gasteiger partial charge >= 0.3 is 0 Å². The molecule has 1 fully saturated rings. The van der Waals surface area contributed by atoms with E-state index < -0.39 is 0 Å². The third-order valence-corrected chi connectivity index (χ3v) is 3.99. The van der Waals surface area contributed by atoms with E-state index in [0.29, 0.717) is 17.3 Å². The third kappa shape index (κ3) is 2.91. The highest BCUT2D eigenvalue weighted by Crippen LogP contribution is 2.39. The molecule has 3 rings (SSSR count). The first-order chi connectivity index (χ1) is 9.95. The lowest BCUT2D eigenvalue weighted by molar-refractivity contribution is 0.0897. The van der Waals surface area contributed by atoms with Gasteiger partial charge in [-0.25, -0.2) is 4.68 Å². The zero-order valence-electron chi connectivity index (χ0n) is 12.3. The van der Waals surface area contributed by atoms with Crippen molar-refractivity contribution >= 4 is 11.6 Å². The van der Waals surface area contributed by atoms with Gasteiger partial charge in [0, 0.05) is 17.4 Å². The molecule has 1 aliphatic carbocycles. The molecule has 0 atom stereocenters. The van der Waals surface area contributed by atoms with Crippen LogP contribution in [0.15, 0.2) is 36.5 Å². The van der Waals surface area contributed by atoms with Crippen molar-refractivity contribution in [1.29, 1.82) is 0 Å². The van der Waals surface area contributed by atoms with Gasteiger partial charge in [-0.3, -0.25) is 4.79 Å². The molecule has 0 bridgehead atoms. The van der Waals surface area contributed by atoms with Crippen LogP contribution in [-0.2, 0) is 0 Å². The van der Waals surface area contributed by atoms with Crippen molar-refractivity contribution in [2.75, 3.05) is 5.73 Å². The molecule has 0 saturated heterocycles. The summed E-state index contributed by atoms with van der Waals surface area (Å²) in [6.45, 7) is 4.13. The van der Waals surface area contributed by atoms with Crippen LogP contribution in [-0.4, -0.2) is 21.2 Å². The summed E-state index contributed by atoms with van der Waals surface area (Å²) in [4.78, 5) is 12.3. The molecule has 1 saturated carbocycles. The van der Waals surface area contributed by atoms with Crippen molar-refractivity contribution < 1.29 is 4.79 Å². The second-order valence-corrected chi connectivity index (χ2v) is 6.19. The Labute approximate surface area is 124 Å². The molecule has 1 aromatic heterocycles. The first kappa shape index (κ1) is 13.7. The number of carbonyl (C=O) groups excluding carboxylic acids is 1. The topological polar surface area (TPSA) is 72.9 Å². The lowest BCUT2D eigenvalue weighted by Gasteiger charge is -2.25. The Hall–Kier alpha value is -2.30. The Morgan fingerprint density at radius 3 is 2.81 bits per heavy atom. The predicted octanol–water partition coefficient (Wildman–Crippen LogP) is 2.37. The van der Waals surface area contributed by atoms with Gasteiger partial charge in [-0.2, -0.15) is 5.10 Å². The van der Waals surface area contributed by atoms with Gasteiger partial charge < -0.3 is 11.1 Å². The summed E-state index contributed by atoms with van der Waals surface area (Å²) >= 11 is 0. The Morgan fingerprint density at radius 1 is 1.38 bits per heavy atom. The summed E-state index contributed by atoms with van der Waals surface area (Å²) in [5.41, 5.74) is 7.53. The summed E-state index contributed by atoms with van der Waals surface area (Å²) < 4.78 is 1.66. The van der Waals surface area contributed by atoms with Gasteiger partial charge in [0.25, 0.3) is 5.91 Å². The van der Waals surface area contributed by atoms with Crippen LogP contribution in [0.1, 0.15) is 37.2 Å². The fourth-order valence-electron chi connectivity index (χ4n) is 2.52. The molecule has 21 heavy (non-hydrogen) atoms. The lowest BCUT2D eigenvalue weighted by Crippen LogP contribution is -2.45. The molecule has 1 heterocycles. The minimum absolute atomic E-state index is 0.130. The summed E-state index contributed by atoms with van der Waals surface area (Å²) in [6, 6.07) is 9.13. The number of nitrogens with zero attached hydrogens (tertiary/aromatic N) is 2. The maximum absolute atomic E-state index is 12.3. The van der Waals surface area contributed by atoms with Crippen LogP contribution in [0.3, 0.4) is 0 Å². The van der Waals surface area contributed by atoms with Gasteiger partial charge in [0.05, 0.1) is 5.69 Å². The molecule has 1 aliphatic rings. The SMILES string of the molecule is CC(C)(NC(=O)c1ccn(-c2cccc(N)c2)n1)C1CC1. The van der Waals surface area contributed by atoms with Crippen LogP contribution in [0, 0.1) is 5.92 Å². The van der Waals surface area contributed by atoms with Gasteiger partial charge in [0.15, 0.2) is 5.69 Å². The van der Waals surface area contributed by atoms with E-state index in [4.69, 9.17) is 5.73 Å². The largest absolute Gasteiger partial charge is 0.399 e. The minimum atomic E-state index is -0.169. The fraction of sp³-hybridized carbons (Fsp3) is 0.375. The van der Waals surface area contributed by atoms with E-state index in [1.807, 2.05) is 24.3 Å². The van der Waals surface area contributed by atoms with Crippen LogP contribution < -0.4 is 11.1 Å². The van der Waals surface area contributed by atoms with Crippen LogP contribution in [0.4, 0.5) is 5.69 Å². The Bertz CT molecular complexity index is 670. The molecule has 0 aliphatic heterocycles. The average Bonchev–Trinajstić information content (AvgIpc) is 3.17. The standard InChI is InChI=1S/C16H20N4O/c1-16(2,11-6-7-11)18-15(21)14-8-9-20(19-14)13-5-3-4-12(17)10-13/h3-5,8-11H,6-7,17H2,1-2H3,(H,18,21). The zero-order chi connectivity index (χ0) is 15.0. The quantitative estimate of drug-likeness (QED) is 0.847. The highest BCUT2D eigenvalue weighted by atomic mass is 16.2. The number of nitrogen functional groups attached to an aromatic ring is 1. The highest BCUT2D eigenvalue weighted by Gasteiger charge is 2.39. The van der Waals surface area contributed by atoms with E-state index in [-0.39, 0.29) is 11.4 Å². The monoisotopic (exact) mass is 284 g/mol. The van der Waals surface area contributed by atoms with Gasteiger partial charge in [-0.05, 0) is 56.9 Å². The molecule has 1 amide bonds. The minimum Gasteiger partial charge on any atom is -0.399 e. The van der Waals surface area contributed by atoms with E-state index in [1.54, 1.807) is 16.9 Å². The molecule has 5 heteroatoms. The number of amides is 1. The molecule has 1 aromatic carbocycles. The van der Waals surface area contributed by atoms with Crippen molar-refractivity contribution in [2.24, 2.45) is 5.92 Å². The number of rotatable bonds is 4. The number of hydrogen-bond acceptors (Lipinski definition) is 3. The molecule has 0 radical (unpaired) electrons. The maximum Gasteiger partial charge on any atom is 0.272 e. The van der Waals surface area contributed by atoms with Crippen LogP contribution >= 0.6 is 0 Å². The average molecular weight is 284 g/mol. The molecule has 3 N–H and O–H groups in total. The molecule has 2 aromatic rings.